The SMILES string of the molecule is C#Cc1cc(C(=O)OC)ccc1Cl.COC(=O)c1ccc(Cl)c(C#C[Si](C)(C)C)c1. The van der Waals surface area contributed by atoms with E-state index in [2.05, 4.69) is 46.5 Å². The van der Waals surface area contributed by atoms with Crippen LogP contribution in [0.15, 0.2) is 36.4 Å². The van der Waals surface area contributed by atoms with E-state index in [1.54, 1.807) is 30.3 Å². The summed E-state index contributed by atoms with van der Waals surface area (Å²) in [6, 6.07) is 9.63. The molecule has 2 aromatic rings. The number of hydrogen-bond donors (Lipinski definition) is 0. The minimum Gasteiger partial charge on any atom is -0.465 e. The summed E-state index contributed by atoms with van der Waals surface area (Å²) in [4.78, 5) is 22.4. The molecule has 30 heavy (non-hydrogen) atoms. The maximum Gasteiger partial charge on any atom is 0.337 e. The molecular weight excluding hydrogens is 439 g/mol. The fourth-order valence-corrected chi connectivity index (χ4v) is 2.85. The minimum atomic E-state index is -1.45. The summed E-state index contributed by atoms with van der Waals surface area (Å²) in [5.41, 5.74) is 5.26. The third kappa shape index (κ3) is 7.97. The van der Waals surface area contributed by atoms with Crippen molar-refractivity contribution >= 4 is 43.2 Å². The van der Waals surface area contributed by atoms with E-state index in [0.29, 0.717) is 32.3 Å². The van der Waals surface area contributed by atoms with Gasteiger partial charge in [-0.25, -0.2) is 9.59 Å². The van der Waals surface area contributed by atoms with Crippen molar-refractivity contribution in [3.8, 4) is 23.8 Å². The van der Waals surface area contributed by atoms with E-state index in [0.717, 1.165) is 0 Å². The number of carbonyl (C=O) groups excluding carboxylic acids is 2. The molecule has 0 aliphatic rings. The molecule has 0 atom stereocenters. The maximum absolute atomic E-state index is 11.4. The van der Waals surface area contributed by atoms with Crippen LogP contribution in [0.1, 0.15) is 31.8 Å². The van der Waals surface area contributed by atoms with Crippen LogP contribution in [0.25, 0.3) is 0 Å². The summed E-state index contributed by atoms with van der Waals surface area (Å²) < 4.78 is 9.18. The van der Waals surface area contributed by atoms with Gasteiger partial charge in [0.25, 0.3) is 0 Å². The summed E-state index contributed by atoms with van der Waals surface area (Å²) in [6.07, 6.45) is 5.17. The molecule has 0 radical (unpaired) electrons. The van der Waals surface area contributed by atoms with Gasteiger partial charge < -0.3 is 9.47 Å². The lowest BCUT2D eigenvalue weighted by Crippen LogP contribution is -2.16. The van der Waals surface area contributed by atoms with Gasteiger partial charge in [0, 0.05) is 11.1 Å². The molecule has 0 heterocycles. The molecule has 0 aromatic heterocycles. The topological polar surface area (TPSA) is 52.6 Å². The van der Waals surface area contributed by atoms with E-state index in [9.17, 15) is 9.59 Å². The minimum absolute atomic E-state index is 0.377. The molecule has 2 rings (SSSR count). The Labute approximate surface area is 188 Å². The highest BCUT2D eigenvalue weighted by atomic mass is 35.5. The third-order valence-electron chi connectivity index (χ3n) is 3.50. The first kappa shape index (κ1) is 25.3. The normalized spacial score (nSPS) is 9.80. The van der Waals surface area contributed by atoms with Crippen molar-refractivity contribution < 1.29 is 19.1 Å². The average Bonchev–Trinajstić information content (AvgIpc) is 2.72. The fourth-order valence-electron chi connectivity index (χ4n) is 2.00. The molecule has 0 saturated heterocycles. The molecule has 2 aromatic carbocycles. The maximum atomic E-state index is 11.4. The molecule has 0 bridgehead atoms. The van der Waals surface area contributed by atoms with Crippen molar-refractivity contribution in [1.29, 1.82) is 0 Å². The molecule has 0 fully saturated rings. The number of halogens is 2. The molecule has 0 unspecified atom stereocenters. The van der Waals surface area contributed by atoms with Crippen molar-refractivity contribution in [3.05, 3.63) is 68.7 Å². The Bertz CT molecular complexity index is 1040. The highest BCUT2D eigenvalue weighted by molar-refractivity contribution is 6.83. The number of methoxy groups -OCH3 is 2. The van der Waals surface area contributed by atoms with Crippen LogP contribution in [0.4, 0.5) is 0 Å². The van der Waals surface area contributed by atoms with E-state index >= 15 is 0 Å². The monoisotopic (exact) mass is 460 g/mol. The first-order chi connectivity index (χ1) is 14.0. The second-order valence-corrected chi connectivity index (χ2v) is 12.6. The molecule has 0 amide bonds. The third-order valence-corrected chi connectivity index (χ3v) is 5.04. The van der Waals surface area contributed by atoms with Crippen LogP contribution in [0.3, 0.4) is 0 Å². The van der Waals surface area contributed by atoms with Gasteiger partial charge in [-0.2, -0.15) is 0 Å². The van der Waals surface area contributed by atoms with Crippen LogP contribution in [0.2, 0.25) is 29.7 Å². The summed E-state index contributed by atoms with van der Waals surface area (Å²) in [7, 11) is 1.21. The highest BCUT2D eigenvalue weighted by Crippen LogP contribution is 2.18. The number of rotatable bonds is 2. The van der Waals surface area contributed by atoms with Gasteiger partial charge in [-0.15, -0.1) is 12.0 Å². The van der Waals surface area contributed by atoms with Gasteiger partial charge in [-0.05, 0) is 36.4 Å². The quantitative estimate of drug-likeness (QED) is 0.339. The smallest absolute Gasteiger partial charge is 0.337 e. The predicted molar refractivity (Wildman–Crippen MR) is 124 cm³/mol. The molecule has 156 valence electrons. The van der Waals surface area contributed by atoms with Crippen molar-refractivity contribution in [3.63, 3.8) is 0 Å². The summed E-state index contributed by atoms with van der Waals surface area (Å²) >= 11 is 11.8. The average molecular weight is 461 g/mol. The van der Waals surface area contributed by atoms with Gasteiger partial charge in [0.15, 0.2) is 0 Å². The zero-order valence-electron chi connectivity index (χ0n) is 17.4. The van der Waals surface area contributed by atoms with Crippen molar-refractivity contribution in [1.82, 2.24) is 0 Å². The lowest BCUT2D eigenvalue weighted by Gasteiger charge is -2.05. The molecule has 4 nitrogen and oxygen atoms in total. The van der Waals surface area contributed by atoms with Crippen LogP contribution in [0, 0.1) is 23.8 Å². The summed E-state index contributed by atoms with van der Waals surface area (Å²) in [5, 5.41) is 1.01. The number of esters is 2. The molecule has 0 spiro atoms. The van der Waals surface area contributed by atoms with Crippen molar-refractivity contribution in [2.45, 2.75) is 19.6 Å². The van der Waals surface area contributed by atoms with Crippen LogP contribution in [-0.4, -0.2) is 34.2 Å². The largest absolute Gasteiger partial charge is 0.465 e. The molecule has 0 aliphatic heterocycles. The Morgan fingerprint density at radius 3 is 1.70 bits per heavy atom. The zero-order chi connectivity index (χ0) is 22.9. The Morgan fingerprint density at radius 2 is 1.30 bits per heavy atom. The highest BCUT2D eigenvalue weighted by Gasteiger charge is 2.10. The molecule has 0 saturated carbocycles. The van der Waals surface area contributed by atoms with Gasteiger partial charge >= 0.3 is 11.9 Å². The first-order valence-corrected chi connectivity index (χ1v) is 13.0. The Kier molecular flexibility index (Phi) is 9.69. The van der Waals surface area contributed by atoms with E-state index in [1.807, 2.05) is 0 Å². The van der Waals surface area contributed by atoms with Gasteiger partial charge in [0.05, 0.1) is 35.4 Å². The van der Waals surface area contributed by atoms with Crippen molar-refractivity contribution in [2.24, 2.45) is 0 Å². The van der Waals surface area contributed by atoms with E-state index in [1.165, 1.54) is 20.3 Å². The van der Waals surface area contributed by atoms with Crippen LogP contribution in [-0.2, 0) is 9.47 Å². The lowest BCUT2D eigenvalue weighted by atomic mass is 10.1. The van der Waals surface area contributed by atoms with E-state index in [-0.39, 0.29) is 5.97 Å². The van der Waals surface area contributed by atoms with Crippen LogP contribution < -0.4 is 0 Å². The number of benzene rings is 2. The van der Waals surface area contributed by atoms with Crippen molar-refractivity contribution in [2.75, 3.05) is 14.2 Å². The molecule has 0 N–H and O–H groups in total. The predicted octanol–water partition coefficient (Wildman–Crippen LogP) is 5.46. The van der Waals surface area contributed by atoms with Gasteiger partial charge in [0.2, 0.25) is 0 Å². The molecule has 7 heteroatoms. The standard InChI is InChI=1S/C13H15ClO2Si.C10H7ClO2/c1-16-13(15)11-5-6-12(14)10(9-11)7-8-17(2,3)4;1-3-7-6-8(10(12)13-2)4-5-9(7)11/h5-6,9H,1-4H3;1,4-6H,2H3. The fraction of sp³-hybridized carbons (Fsp3) is 0.217. The number of ether oxygens (including phenoxy) is 2. The van der Waals surface area contributed by atoms with Crippen LogP contribution >= 0.6 is 23.2 Å². The number of terminal acetylenes is 1. The Balaban J connectivity index is 0.000000311. The summed E-state index contributed by atoms with van der Waals surface area (Å²) in [6.45, 7) is 6.45. The molecule has 0 aliphatic carbocycles. The second kappa shape index (κ2) is 11.5. The summed E-state index contributed by atoms with van der Waals surface area (Å²) in [5.74, 6) is 4.62. The van der Waals surface area contributed by atoms with Gasteiger partial charge in [-0.1, -0.05) is 54.7 Å². The van der Waals surface area contributed by atoms with E-state index in [4.69, 9.17) is 29.6 Å². The first-order valence-electron chi connectivity index (χ1n) is 8.78. The molecular formula is C23H22Cl2O4Si. The van der Waals surface area contributed by atoms with Gasteiger partial charge in [-0.3, -0.25) is 0 Å². The second-order valence-electron chi connectivity index (χ2n) is 7.02. The van der Waals surface area contributed by atoms with E-state index < -0.39 is 14.0 Å². The Hall–Kier alpha value is -2.70. The van der Waals surface area contributed by atoms with Crippen LogP contribution in [0.5, 0.6) is 0 Å². The van der Waals surface area contributed by atoms with Gasteiger partial charge in [0.1, 0.15) is 8.07 Å². The lowest BCUT2D eigenvalue weighted by molar-refractivity contribution is 0.0592. The number of carbonyl (C=O) groups is 2. The number of hydrogen-bond acceptors (Lipinski definition) is 4. The Morgan fingerprint density at radius 1 is 0.867 bits per heavy atom. The zero-order valence-corrected chi connectivity index (χ0v) is 19.9.